The van der Waals surface area contributed by atoms with E-state index in [4.69, 9.17) is 11.6 Å². The average molecular weight is 351 g/mol. The number of nitrogens with zero attached hydrogens (tertiary/aromatic N) is 4. The number of carbonyl (C=O) groups excluding carboxylic acids is 1. The summed E-state index contributed by atoms with van der Waals surface area (Å²) in [6.07, 6.45) is 1.48. The number of carbonyl (C=O) groups is 1. The van der Waals surface area contributed by atoms with Crippen molar-refractivity contribution in [3.63, 3.8) is 0 Å². The van der Waals surface area contributed by atoms with Gasteiger partial charge in [0.1, 0.15) is 5.52 Å². The summed E-state index contributed by atoms with van der Waals surface area (Å²) in [7, 11) is 0. The highest BCUT2D eigenvalue weighted by Gasteiger charge is 2.25. The standard InChI is InChI=1S/C15H15ClN4O4/c1-9(21)18-4-6-19(7-5-18)11-2-3-17-14-13(11)10(16)8-12(15(14)22)20(23)24/h2-3,8,22H,4-7H2,1H3. The molecule has 0 saturated carbocycles. The van der Waals surface area contributed by atoms with Gasteiger partial charge in [-0.2, -0.15) is 0 Å². The smallest absolute Gasteiger partial charge is 0.314 e. The van der Waals surface area contributed by atoms with Crippen LogP contribution in [0.4, 0.5) is 11.4 Å². The van der Waals surface area contributed by atoms with E-state index in [0.717, 1.165) is 11.8 Å². The lowest BCUT2D eigenvalue weighted by Crippen LogP contribution is -2.48. The van der Waals surface area contributed by atoms with Gasteiger partial charge in [-0.15, -0.1) is 0 Å². The summed E-state index contributed by atoms with van der Waals surface area (Å²) < 4.78 is 0. The van der Waals surface area contributed by atoms with Gasteiger partial charge in [0.2, 0.25) is 11.7 Å². The molecule has 0 bridgehead atoms. The number of aromatic nitrogens is 1. The third-order valence-electron chi connectivity index (χ3n) is 4.16. The summed E-state index contributed by atoms with van der Waals surface area (Å²) in [4.78, 5) is 29.6. The number of hydrogen-bond donors (Lipinski definition) is 1. The van der Waals surface area contributed by atoms with E-state index in [2.05, 4.69) is 4.98 Å². The lowest BCUT2D eigenvalue weighted by atomic mass is 10.1. The minimum absolute atomic E-state index is 0.0283. The van der Waals surface area contributed by atoms with E-state index in [0.29, 0.717) is 31.6 Å². The molecule has 1 aromatic carbocycles. The van der Waals surface area contributed by atoms with Crippen molar-refractivity contribution in [2.75, 3.05) is 31.1 Å². The van der Waals surface area contributed by atoms with Crippen LogP contribution in [-0.4, -0.2) is 52.0 Å². The monoisotopic (exact) mass is 350 g/mol. The Morgan fingerprint density at radius 3 is 2.62 bits per heavy atom. The van der Waals surface area contributed by atoms with Gasteiger partial charge >= 0.3 is 5.69 Å². The highest BCUT2D eigenvalue weighted by molar-refractivity contribution is 6.37. The first-order valence-electron chi connectivity index (χ1n) is 7.35. The van der Waals surface area contributed by atoms with Crippen LogP contribution in [0.3, 0.4) is 0 Å². The summed E-state index contributed by atoms with van der Waals surface area (Å²) in [5.74, 6) is -0.468. The molecule has 0 radical (unpaired) electrons. The van der Waals surface area contributed by atoms with Gasteiger partial charge in [0.05, 0.1) is 9.95 Å². The van der Waals surface area contributed by atoms with Crippen LogP contribution in [0.5, 0.6) is 5.75 Å². The average Bonchev–Trinajstić information content (AvgIpc) is 2.57. The molecular formula is C15H15ClN4O4. The van der Waals surface area contributed by atoms with E-state index in [9.17, 15) is 20.0 Å². The van der Waals surface area contributed by atoms with Gasteiger partial charge in [-0.05, 0) is 6.07 Å². The minimum atomic E-state index is -0.694. The third-order valence-corrected chi connectivity index (χ3v) is 4.46. The van der Waals surface area contributed by atoms with E-state index < -0.39 is 16.4 Å². The summed E-state index contributed by atoms with van der Waals surface area (Å²) >= 11 is 6.23. The van der Waals surface area contributed by atoms with Gasteiger partial charge in [-0.1, -0.05) is 11.6 Å². The fraction of sp³-hybridized carbons (Fsp3) is 0.333. The number of phenols is 1. The molecule has 1 saturated heterocycles. The number of fused-ring (bicyclic) bond motifs is 1. The molecule has 0 aliphatic carbocycles. The summed E-state index contributed by atoms with van der Waals surface area (Å²) in [5.41, 5.74) is 0.359. The molecule has 8 nitrogen and oxygen atoms in total. The number of benzene rings is 1. The molecule has 2 aromatic rings. The second-order valence-corrected chi connectivity index (χ2v) is 5.94. The fourth-order valence-corrected chi connectivity index (χ4v) is 3.20. The number of pyridine rings is 1. The zero-order valence-electron chi connectivity index (χ0n) is 12.9. The van der Waals surface area contributed by atoms with Gasteiger partial charge in [-0.25, -0.2) is 0 Å². The molecule has 0 atom stereocenters. The molecule has 1 aromatic heterocycles. The van der Waals surface area contributed by atoms with Crippen molar-refractivity contribution in [2.45, 2.75) is 6.92 Å². The molecule has 1 fully saturated rings. The Morgan fingerprint density at radius 1 is 1.38 bits per heavy atom. The molecule has 3 rings (SSSR count). The summed E-state index contributed by atoms with van der Waals surface area (Å²) in [6.45, 7) is 3.90. The molecule has 126 valence electrons. The number of piperazine rings is 1. The number of amides is 1. The Bertz CT molecular complexity index is 834. The highest BCUT2D eigenvalue weighted by Crippen LogP contribution is 2.41. The maximum atomic E-state index is 11.4. The quantitative estimate of drug-likeness (QED) is 0.658. The van der Waals surface area contributed by atoms with Crippen molar-refractivity contribution in [1.82, 2.24) is 9.88 Å². The number of hydrogen-bond acceptors (Lipinski definition) is 6. The van der Waals surface area contributed by atoms with Crippen LogP contribution in [-0.2, 0) is 4.79 Å². The van der Waals surface area contributed by atoms with E-state index in [1.54, 1.807) is 11.0 Å². The largest absolute Gasteiger partial charge is 0.501 e. The van der Waals surface area contributed by atoms with E-state index >= 15 is 0 Å². The first-order chi connectivity index (χ1) is 11.4. The van der Waals surface area contributed by atoms with Gasteiger partial charge in [-0.3, -0.25) is 19.9 Å². The summed E-state index contributed by atoms with van der Waals surface area (Å²) in [5, 5.41) is 21.8. The van der Waals surface area contributed by atoms with E-state index in [1.807, 2.05) is 4.90 Å². The lowest BCUT2D eigenvalue weighted by molar-refractivity contribution is -0.385. The van der Waals surface area contributed by atoms with Crippen LogP contribution >= 0.6 is 11.6 Å². The SMILES string of the molecule is CC(=O)N1CCN(c2ccnc3c(O)c([N+](=O)[O-])cc(Cl)c23)CC1. The number of nitro groups is 1. The first-order valence-corrected chi connectivity index (χ1v) is 7.73. The maximum absolute atomic E-state index is 11.4. The second-order valence-electron chi connectivity index (χ2n) is 5.53. The molecule has 9 heteroatoms. The van der Waals surface area contributed by atoms with Crippen molar-refractivity contribution in [1.29, 1.82) is 0 Å². The first kappa shape index (κ1) is 16.3. The minimum Gasteiger partial charge on any atom is -0.501 e. The summed E-state index contributed by atoms with van der Waals surface area (Å²) in [6, 6.07) is 2.89. The topological polar surface area (TPSA) is 99.8 Å². The third kappa shape index (κ3) is 2.69. The molecule has 2 heterocycles. The van der Waals surface area contributed by atoms with Gasteiger partial charge < -0.3 is 14.9 Å². The predicted molar refractivity (Wildman–Crippen MR) is 89.5 cm³/mol. The van der Waals surface area contributed by atoms with Gasteiger partial charge in [0, 0.05) is 56.4 Å². The van der Waals surface area contributed by atoms with Gasteiger partial charge in [0.25, 0.3) is 0 Å². The molecular weight excluding hydrogens is 336 g/mol. The highest BCUT2D eigenvalue weighted by atomic mass is 35.5. The predicted octanol–water partition coefficient (Wildman–Crippen LogP) is 2.17. The van der Waals surface area contributed by atoms with Crippen LogP contribution in [0.15, 0.2) is 18.3 Å². The number of halogens is 1. The molecule has 24 heavy (non-hydrogen) atoms. The Morgan fingerprint density at radius 2 is 2.04 bits per heavy atom. The van der Waals surface area contributed by atoms with Crippen molar-refractivity contribution in [3.8, 4) is 5.75 Å². The number of nitro benzene ring substituents is 1. The normalized spacial score (nSPS) is 14.9. The van der Waals surface area contributed by atoms with Crippen molar-refractivity contribution in [2.24, 2.45) is 0 Å². The fourth-order valence-electron chi connectivity index (χ4n) is 2.91. The Kier molecular flexibility index (Phi) is 4.15. The maximum Gasteiger partial charge on any atom is 0.314 e. The van der Waals surface area contributed by atoms with E-state index in [1.165, 1.54) is 13.1 Å². The molecule has 0 unspecified atom stereocenters. The molecule has 1 aliphatic rings. The second kappa shape index (κ2) is 6.12. The van der Waals surface area contributed by atoms with Gasteiger partial charge in [0.15, 0.2) is 0 Å². The van der Waals surface area contributed by atoms with Crippen LogP contribution in [0.2, 0.25) is 5.02 Å². The van der Waals surface area contributed by atoms with Crippen molar-refractivity contribution in [3.05, 3.63) is 33.5 Å². The van der Waals surface area contributed by atoms with Crippen LogP contribution in [0.1, 0.15) is 6.92 Å². The number of aromatic hydroxyl groups is 1. The Labute approximate surface area is 142 Å². The molecule has 1 amide bonds. The Hall–Kier alpha value is -2.61. The van der Waals surface area contributed by atoms with Crippen molar-refractivity contribution >= 4 is 39.8 Å². The molecule has 0 spiro atoms. The van der Waals surface area contributed by atoms with E-state index in [-0.39, 0.29) is 16.4 Å². The molecule has 1 aliphatic heterocycles. The lowest BCUT2D eigenvalue weighted by Gasteiger charge is -2.36. The number of anilines is 1. The van der Waals surface area contributed by atoms with Crippen LogP contribution in [0, 0.1) is 10.1 Å². The van der Waals surface area contributed by atoms with Crippen molar-refractivity contribution < 1.29 is 14.8 Å². The molecule has 1 N–H and O–H groups in total. The Balaban J connectivity index is 2.06. The number of phenolic OH excluding ortho intramolecular Hbond substituents is 1. The van der Waals surface area contributed by atoms with Crippen LogP contribution < -0.4 is 4.90 Å². The number of rotatable bonds is 2. The zero-order valence-corrected chi connectivity index (χ0v) is 13.7. The zero-order chi connectivity index (χ0) is 17.4. The van der Waals surface area contributed by atoms with Crippen LogP contribution in [0.25, 0.3) is 10.9 Å².